The predicted molar refractivity (Wildman–Crippen MR) is 117 cm³/mol. The Hall–Kier alpha value is -3.11. The molecule has 0 radical (unpaired) electrons. The van der Waals surface area contributed by atoms with E-state index in [-0.39, 0.29) is 43.4 Å². The lowest BCUT2D eigenvalue weighted by Crippen LogP contribution is -2.50. The molecule has 1 fully saturated rings. The lowest BCUT2D eigenvalue weighted by Gasteiger charge is -2.34. The number of amides is 1. The standard InChI is InChI=1S/C23H23F2N3O4S/c1-16-2-4-17(5-3-16)21-15-26-22(32-21)8-9-23(29)27-10-12-28(13-11-27)33(30,31)18-6-7-19(24)20(25)14-18/h2-7,14-15H,8-13H2,1H3. The topological polar surface area (TPSA) is 83.7 Å². The Labute approximate surface area is 190 Å². The number of benzene rings is 2. The number of rotatable bonds is 6. The molecule has 0 N–H and O–H groups in total. The smallest absolute Gasteiger partial charge is 0.243 e. The second kappa shape index (κ2) is 9.40. The van der Waals surface area contributed by atoms with Crippen LogP contribution in [-0.2, 0) is 21.2 Å². The number of hydrogen-bond acceptors (Lipinski definition) is 5. The van der Waals surface area contributed by atoms with Crippen LogP contribution in [0.15, 0.2) is 58.0 Å². The first-order valence-electron chi connectivity index (χ1n) is 10.5. The zero-order valence-electron chi connectivity index (χ0n) is 18.0. The molecule has 0 unspecified atom stereocenters. The van der Waals surface area contributed by atoms with Gasteiger partial charge in [0.25, 0.3) is 0 Å². The molecule has 1 aromatic heterocycles. The van der Waals surface area contributed by atoms with E-state index in [2.05, 4.69) is 4.98 Å². The van der Waals surface area contributed by atoms with Crippen LogP contribution in [0, 0.1) is 18.6 Å². The van der Waals surface area contributed by atoms with Crippen molar-refractivity contribution in [3.8, 4) is 11.3 Å². The van der Waals surface area contributed by atoms with Gasteiger partial charge in [-0.25, -0.2) is 22.2 Å². The number of sulfonamides is 1. The number of oxazole rings is 1. The average Bonchev–Trinajstić information content (AvgIpc) is 3.29. The molecule has 0 spiro atoms. The Morgan fingerprint density at radius 1 is 1.03 bits per heavy atom. The van der Waals surface area contributed by atoms with E-state index in [1.807, 2.05) is 31.2 Å². The maximum Gasteiger partial charge on any atom is 0.243 e. The molecule has 0 saturated carbocycles. The largest absolute Gasteiger partial charge is 0.441 e. The van der Waals surface area contributed by atoms with Crippen molar-refractivity contribution < 1.29 is 26.4 Å². The summed E-state index contributed by atoms with van der Waals surface area (Å²) < 4.78 is 58.9. The molecule has 0 atom stereocenters. The van der Waals surface area contributed by atoms with Gasteiger partial charge in [0, 0.05) is 44.6 Å². The summed E-state index contributed by atoms with van der Waals surface area (Å²) >= 11 is 0. The fourth-order valence-electron chi connectivity index (χ4n) is 3.61. The molecule has 0 bridgehead atoms. The second-order valence-electron chi connectivity index (χ2n) is 7.85. The van der Waals surface area contributed by atoms with Gasteiger partial charge in [0.2, 0.25) is 15.9 Å². The van der Waals surface area contributed by atoms with Gasteiger partial charge in [-0.1, -0.05) is 29.8 Å². The zero-order valence-corrected chi connectivity index (χ0v) is 18.8. The lowest BCUT2D eigenvalue weighted by atomic mass is 10.1. The maximum atomic E-state index is 13.5. The van der Waals surface area contributed by atoms with Gasteiger partial charge in [-0.15, -0.1) is 0 Å². The summed E-state index contributed by atoms with van der Waals surface area (Å²) in [4.78, 5) is 18.1. The minimum absolute atomic E-state index is 0.0731. The van der Waals surface area contributed by atoms with Crippen LogP contribution in [0.4, 0.5) is 8.78 Å². The van der Waals surface area contributed by atoms with Gasteiger partial charge >= 0.3 is 0 Å². The third-order valence-corrected chi connectivity index (χ3v) is 7.46. The van der Waals surface area contributed by atoms with E-state index in [1.54, 1.807) is 11.1 Å². The summed E-state index contributed by atoms with van der Waals surface area (Å²) in [5.74, 6) is -1.37. The molecule has 1 amide bonds. The number of halogens is 2. The van der Waals surface area contributed by atoms with Gasteiger partial charge in [-0.2, -0.15) is 4.31 Å². The lowest BCUT2D eigenvalue weighted by molar-refractivity contribution is -0.132. The number of piperazine rings is 1. The van der Waals surface area contributed by atoms with Crippen molar-refractivity contribution in [2.75, 3.05) is 26.2 Å². The monoisotopic (exact) mass is 475 g/mol. The van der Waals surface area contributed by atoms with E-state index in [0.29, 0.717) is 24.1 Å². The number of carbonyl (C=O) groups is 1. The molecule has 2 heterocycles. The normalized spacial score (nSPS) is 15.1. The van der Waals surface area contributed by atoms with Crippen LogP contribution < -0.4 is 0 Å². The number of aryl methyl sites for hydroxylation is 2. The predicted octanol–water partition coefficient (Wildman–Crippen LogP) is 3.39. The van der Waals surface area contributed by atoms with Crippen LogP contribution in [0.1, 0.15) is 17.9 Å². The van der Waals surface area contributed by atoms with Gasteiger partial charge in [-0.05, 0) is 25.1 Å². The minimum Gasteiger partial charge on any atom is -0.441 e. The maximum absolute atomic E-state index is 13.5. The van der Waals surface area contributed by atoms with E-state index in [1.165, 1.54) is 4.31 Å². The van der Waals surface area contributed by atoms with Crippen molar-refractivity contribution in [2.24, 2.45) is 0 Å². The second-order valence-corrected chi connectivity index (χ2v) is 9.78. The Morgan fingerprint density at radius 3 is 2.39 bits per heavy atom. The number of carbonyl (C=O) groups excluding carboxylic acids is 1. The molecular formula is C23H23F2N3O4S. The summed E-state index contributed by atoms with van der Waals surface area (Å²) in [5, 5.41) is 0. The molecule has 1 saturated heterocycles. The molecular weight excluding hydrogens is 452 g/mol. The Morgan fingerprint density at radius 2 is 1.73 bits per heavy atom. The fourth-order valence-corrected chi connectivity index (χ4v) is 5.05. The van der Waals surface area contributed by atoms with Gasteiger partial charge in [0.15, 0.2) is 23.3 Å². The highest BCUT2D eigenvalue weighted by Gasteiger charge is 2.30. The van der Waals surface area contributed by atoms with Crippen molar-refractivity contribution in [2.45, 2.75) is 24.7 Å². The van der Waals surface area contributed by atoms with Crippen molar-refractivity contribution in [1.82, 2.24) is 14.2 Å². The first-order chi connectivity index (χ1) is 15.7. The summed E-state index contributed by atoms with van der Waals surface area (Å²) in [6.07, 6.45) is 2.15. The third kappa shape index (κ3) is 5.12. The Balaban J connectivity index is 1.31. The molecule has 10 heteroatoms. The molecule has 7 nitrogen and oxygen atoms in total. The van der Waals surface area contributed by atoms with Crippen molar-refractivity contribution in [3.05, 3.63) is 71.8 Å². The van der Waals surface area contributed by atoms with Crippen LogP contribution >= 0.6 is 0 Å². The molecule has 1 aliphatic heterocycles. The highest BCUT2D eigenvalue weighted by Crippen LogP contribution is 2.22. The van der Waals surface area contributed by atoms with Crippen LogP contribution in [-0.4, -0.2) is 54.7 Å². The Kier molecular flexibility index (Phi) is 6.57. The summed E-state index contributed by atoms with van der Waals surface area (Å²) in [7, 11) is -3.97. The minimum atomic E-state index is -3.97. The highest BCUT2D eigenvalue weighted by atomic mass is 32.2. The quantitative estimate of drug-likeness (QED) is 0.546. The number of hydrogen-bond donors (Lipinski definition) is 0. The van der Waals surface area contributed by atoms with E-state index < -0.39 is 21.7 Å². The van der Waals surface area contributed by atoms with E-state index in [4.69, 9.17) is 4.42 Å². The average molecular weight is 476 g/mol. The summed E-state index contributed by atoms with van der Waals surface area (Å²) in [6.45, 7) is 2.57. The molecule has 33 heavy (non-hydrogen) atoms. The Bertz CT molecular complexity index is 1250. The molecule has 2 aromatic carbocycles. The molecule has 174 valence electrons. The van der Waals surface area contributed by atoms with Crippen LogP contribution in [0.25, 0.3) is 11.3 Å². The molecule has 1 aliphatic rings. The summed E-state index contributed by atoms with van der Waals surface area (Å²) in [6, 6.07) is 10.3. The first-order valence-corrected chi connectivity index (χ1v) is 11.9. The van der Waals surface area contributed by atoms with E-state index in [9.17, 15) is 22.0 Å². The van der Waals surface area contributed by atoms with E-state index >= 15 is 0 Å². The third-order valence-electron chi connectivity index (χ3n) is 5.56. The van der Waals surface area contributed by atoms with Gasteiger partial charge < -0.3 is 9.32 Å². The van der Waals surface area contributed by atoms with E-state index in [0.717, 1.165) is 23.3 Å². The molecule has 0 aliphatic carbocycles. The van der Waals surface area contributed by atoms with Crippen LogP contribution in [0.5, 0.6) is 0 Å². The highest BCUT2D eigenvalue weighted by molar-refractivity contribution is 7.89. The van der Waals surface area contributed by atoms with Crippen LogP contribution in [0.3, 0.4) is 0 Å². The number of nitrogens with zero attached hydrogens (tertiary/aromatic N) is 3. The van der Waals surface area contributed by atoms with Gasteiger partial charge in [0.1, 0.15) is 0 Å². The van der Waals surface area contributed by atoms with Gasteiger partial charge in [0.05, 0.1) is 11.1 Å². The van der Waals surface area contributed by atoms with Gasteiger partial charge in [-0.3, -0.25) is 4.79 Å². The molecule has 3 aromatic rings. The van der Waals surface area contributed by atoms with Crippen molar-refractivity contribution in [1.29, 1.82) is 0 Å². The first kappa shape index (κ1) is 23.1. The number of aromatic nitrogens is 1. The molecule has 4 rings (SSSR count). The fraction of sp³-hybridized carbons (Fsp3) is 0.304. The zero-order chi connectivity index (χ0) is 23.6. The van der Waals surface area contributed by atoms with Crippen molar-refractivity contribution in [3.63, 3.8) is 0 Å². The van der Waals surface area contributed by atoms with Crippen molar-refractivity contribution >= 4 is 15.9 Å². The SMILES string of the molecule is Cc1ccc(-c2cnc(CCC(=O)N3CCN(S(=O)(=O)c4ccc(F)c(F)c4)CC3)o2)cc1. The van der Waals surface area contributed by atoms with Crippen LogP contribution in [0.2, 0.25) is 0 Å². The summed E-state index contributed by atoms with van der Waals surface area (Å²) in [5.41, 5.74) is 2.05.